The molecule has 1 fully saturated rings. The third-order valence-electron chi connectivity index (χ3n) is 6.06. The molecule has 7 heteroatoms. The van der Waals surface area contributed by atoms with Crippen molar-refractivity contribution in [3.05, 3.63) is 58.7 Å². The van der Waals surface area contributed by atoms with Crippen LogP contribution in [0.1, 0.15) is 49.4 Å². The number of nitrogens with zero attached hydrogens (tertiary/aromatic N) is 1. The van der Waals surface area contributed by atoms with Crippen molar-refractivity contribution in [1.29, 1.82) is 0 Å². The number of carbonyl (C=O) groups excluding carboxylic acids is 2. The quantitative estimate of drug-likeness (QED) is 0.654. The van der Waals surface area contributed by atoms with Crippen LogP contribution in [0.25, 0.3) is 0 Å². The maximum atomic E-state index is 13.0. The fourth-order valence-corrected chi connectivity index (χ4v) is 5.56. The Balaban J connectivity index is 1.67. The molecule has 1 N–H and O–H groups in total. The number of amides is 2. The Bertz CT molecular complexity index is 1070. The second-order valence-corrected chi connectivity index (χ2v) is 11.1. The lowest BCUT2D eigenvalue weighted by Crippen LogP contribution is -2.35. The highest BCUT2D eigenvalue weighted by Crippen LogP contribution is 2.41. The fourth-order valence-electron chi connectivity index (χ4n) is 4.27. The highest BCUT2D eigenvalue weighted by molar-refractivity contribution is 8.24. The summed E-state index contributed by atoms with van der Waals surface area (Å²) >= 11 is 6.54. The first-order chi connectivity index (χ1) is 15.2. The molecule has 168 valence electrons. The molecule has 1 atom stereocenters. The Kier molecular flexibility index (Phi) is 6.32. The van der Waals surface area contributed by atoms with E-state index in [-0.39, 0.29) is 22.5 Å². The molecule has 2 amide bonds. The van der Waals surface area contributed by atoms with E-state index in [4.69, 9.17) is 17.0 Å². The summed E-state index contributed by atoms with van der Waals surface area (Å²) < 4.78 is 6.18. The van der Waals surface area contributed by atoms with Crippen LogP contribution in [0.4, 0.5) is 5.69 Å². The van der Waals surface area contributed by atoms with Crippen LogP contribution < -0.4 is 15.0 Å². The molecule has 1 saturated heterocycles. The Morgan fingerprint density at radius 3 is 2.44 bits per heavy atom. The molecule has 0 aromatic heterocycles. The van der Waals surface area contributed by atoms with Gasteiger partial charge in [0.25, 0.3) is 0 Å². The normalized spacial score (nSPS) is 18.6. The lowest BCUT2D eigenvalue weighted by atomic mass is 9.86. The third-order valence-corrected chi connectivity index (χ3v) is 7.43. The van der Waals surface area contributed by atoms with Crippen molar-refractivity contribution < 1.29 is 14.3 Å². The van der Waals surface area contributed by atoms with Gasteiger partial charge in [-0.3, -0.25) is 9.59 Å². The Morgan fingerprint density at radius 2 is 1.84 bits per heavy atom. The van der Waals surface area contributed by atoms with Gasteiger partial charge in [-0.15, -0.1) is 0 Å². The van der Waals surface area contributed by atoms with Gasteiger partial charge in [0.2, 0.25) is 11.8 Å². The number of hydrogen-bond acceptors (Lipinski definition) is 5. The molecule has 0 saturated carbocycles. The van der Waals surface area contributed by atoms with Gasteiger partial charge in [-0.1, -0.05) is 75.1 Å². The number of thioether (sulfide) groups is 1. The minimum absolute atomic E-state index is 0.0488. The highest BCUT2D eigenvalue weighted by Gasteiger charge is 2.33. The molecule has 0 bridgehead atoms. The first-order valence-corrected chi connectivity index (χ1v) is 12.1. The van der Waals surface area contributed by atoms with Gasteiger partial charge in [0.05, 0.1) is 24.6 Å². The zero-order valence-electron chi connectivity index (χ0n) is 18.9. The van der Waals surface area contributed by atoms with Crippen molar-refractivity contribution in [1.82, 2.24) is 5.32 Å². The SMILES string of the molecule is COc1ccc(CC2SC(=S)NC2=O)c2c1N(Cc1ccc(C(C)(C)C)cc1)C(=O)CC2. The molecule has 2 aromatic rings. The van der Waals surface area contributed by atoms with E-state index in [1.54, 1.807) is 7.11 Å². The number of rotatable bonds is 5. The zero-order valence-corrected chi connectivity index (χ0v) is 20.5. The van der Waals surface area contributed by atoms with E-state index in [9.17, 15) is 9.59 Å². The van der Waals surface area contributed by atoms with Gasteiger partial charge in [0.15, 0.2) is 0 Å². The van der Waals surface area contributed by atoms with Crippen molar-refractivity contribution in [3.8, 4) is 5.75 Å². The molecule has 0 spiro atoms. The summed E-state index contributed by atoms with van der Waals surface area (Å²) in [5.74, 6) is 0.719. The fraction of sp³-hybridized carbons (Fsp3) is 0.400. The molecular formula is C25H28N2O3S2. The highest BCUT2D eigenvalue weighted by atomic mass is 32.2. The molecule has 2 aromatic carbocycles. The average molecular weight is 469 g/mol. The van der Waals surface area contributed by atoms with Gasteiger partial charge < -0.3 is 15.0 Å². The van der Waals surface area contributed by atoms with Crippen LogP contribution in [0.2, 0.25) is 0 Å². The summed E-state index contributed by atoms with van der Waals surface area (Å²) in [6.07, 6.45) is 1.66. The predicted octanol–water partition coefficient (Wildman–Crippen LogP) is 4.53. The van der Waals surface area contributed by atoms with Crippen molar-refractivity contribution in [2.24, 2.45) is 0 Å². The van der Waals surface area contributed by atoms with Gasteiger partial charge in [0.1, 0.15) is 10.1 Å². The van der Waals surface area contributed by atoms with Crippen molar-refractivity contribution in [2.45, 2.75) is 57.2 Å². The molecule has 4 rings (SSSR count). The molecule has 2 heterocycles. The zero-order chi connectivity index (χ0) is 23.0. The van der Waals surface area contributed by atoms with E-state index in [1.165, 1.54) is 17.3 Å². The monoisotopic (exact) mass is 468 g/mol. The topological polar surface area (TPSA) is 58.6 Å². The average Bonchev–Trinajstić information content (AvgIpc) is 3.06. The third kappa shape index (κ3) is 4.55. The van der Waals surface area contributed by atoms with Crippen LogP contribution in [-0.2, 0) is 34.4 Å². The molecule has 1 unspecified atom stereocenters. The van der Waals surface area contributed by atoms with Gasteiger partial charge in [-0.2, -0.15) is 0 Å². The van der Waals surface area contributed by atoms with E-state index in [2.05, 4.69) is 50.4 Å². The van der Waals surface area contributed by atoms with Crippen LogP contribution in [0.15, 0.2) is 36.4 Å². The molecule has 0 aliphatic carbocycles. The van der Waals surface area contributed by atoms with Crippen LogP contribution in [0, 0.1) is 0 Å². The Hall–Kier alpha value is -2.38. The first-order valence-electron chi connectivity index (χ1n) is 10.8. The number of benzene rings is 2. The lowest BCUT2D eigenvalue weighted by Gasteiger charge is -2.33. The molecule has 2 aliphatic rings. The number of ether oxygens (including phenoxy) is 1. The van der Waals surface area contributed by atoms with E-state index in [0.29, 0.717) is 35.9 Å². The van der Waals surface area contributed by atoms with E-state index >= 15 is 0 Å². The second-order valence-electron chi connectivity index (χ2n) is 9.27. The second kappa shape index (κ2) is 8.87. The minimum Gasteiger partial charge on any atom is -0.495 e. The van der Waals surface area contributed by atoms with E-state index in [0.717, 1.165) is 22.4 Å². The summed E-state index contributed by atoms with van der Waals surface area (Å²) in [5, 5.41) is 2.48. The molecular weight excluding hydrogens is 440 g/mol. The van der Waals surface area contributed by atoms with Crippen LogP contribution in [-0.4, -0.2) is 28.5 Å². The van der Waals surface area contributed by atoms with Gasteiger partial charge >= 0.3 is 0 Å². The smallest absolute Gasteiger partial charge is 0.239 e. The van der Waals surface area contributed by atoms with Crippen LogP contribution >= 0.6 is 24.0 Å². The maximum absolute atomic E-state index is 13.0. The summed E-state index contributed by atoms with van der Waals surface area (Å²) in [7, 11) is 1.63. The van der Waals surface area contributed by atoms with E-state index in [1.807, 2.05) is 17.0 Å². The molecule has 32 heavy (non-hydrogen) atoms. The summed E-state index contributed by atoms with van der Waals surface area (Å²) in [5.41, 5.74) is 5.39. The number of anilines is 1. The number of hydrogen-bond donors (Lipinski definition) is 1. The number of carbonyl (C=O) groups is 2. The molecule has 5 nitrogen and oxygen atoms in total. The lowest BCUT2D eigenvalue weighted by molar-refractivity contribution is -0.119. The van der Waals surface area contributed by atoms with Gasteiger partial charge in [-0.25, -0.2) is 0 Å². The number of nitrogens with one attached hydrogen (secondary N) is 1. The largest absolute Gasteiger partial charge is 0.495 e. The molecule has 2 aliphatic heterocycles. The summed E-state index contributed by atoms with van der Waals surface area (Å²) in [6.45, 7) is 7.05. The Labute approximate surface area is 198 Å². The van der Waals surface area contributed by atoms with E-state index < -0.39 is 0 Å². The number of thiocarbonyl (C=S) groups is 1. The van der Waals surface area contributed by atoms with Gasteiger partial charge in [-0.05, 0) is 46.6 Å². The van der Waals surface area contributed by atoms with Crippen molar-refractivity contribution in [3.63, 3.8) is 0 Å². The van der Waals surface area contributed by atoms with Crippen LogP contribution in [0.3, 0.4) is 0 Å². The summed E-state index contributed by atoms with van der Waals surface area (Å²) in [4.78, 5) is 27.1. The van der Waals surface area contributed by atoms with Gasteiger partial charge in [0, 0.05) is 6.42 Å². The molecule has 0 radical (unpaired) electrons. The maximum Gasteiger partial charge on any atom is 0.239 e. The summed E-state index contributed by atoms with van der Waals surface area (Å²) in [6, 6.07) is 12.4. The van der Waals surface area contributed by atoms with Crippen molar-refractivity contribution in [2.75, 3.05) is 12.0 Å². The standard InChI is InChI=1S/C25H28N2O3S2/c1-25(2,3)17-8-5-15(6-9-17)14-27-21(28)12-10-18-16(7-11-19(30-4)22(18)27)13-20-23(29)26-24(31)32-20/h5-9,11,20H,10,12-14H2,1-4H3,(H,26,29,31). The Morgan fingerprint density at radius 1 is 1.12 bits per heavy atom. The number of methoxy groups -OCH3 is 1. The minimum atomic E-state index is -0.240. The predicted molar refractivity (Wildman–Crippen MR) is 133 cm³/mol. The number of fused-ring (bicyclic) bond motifs is 1. The first kappa shape index (κ1) is 22.8. The van der Waals surface area contributed by atoms with Crippen LogP contribution in [0.5, 0.6) is 5.75 Å². The van der Waals surface area contributed by atoms with Crippen molar-refractivity contribution >= 4 is 45.8 Å².